The fourth-order valence-corrected chi connectivity index (χ4v) is 92.1. The summed E-state index contributed by atoms with van der Waals surface area (Å²) in [6.45, 7) is -3.43. The molecule has 12 rings (SSSR count). The molecule has 2 nitrogen and oxygen atoms in total. The zero-order chi connectivity index (χ0) is 15.3. The molecule has 2 aromatic rings. The molecule has 10 saturated heterocycles. The Balaban J connectivity index is 1.35. The summed E-state index contributed by atoms with van der Waals surface area (Å²) >= 11 is 0. The van der Waals surface area contributed by atoms with Crippen molar-refractivity contribution in [3.05, 3.63) is 45.8 Å². The van der Waals surface area contributed by atoms with Crippen LogP contribution in [0.15, 0.2) is 27.4 Å². The van der Waals surface area contributed by atoms with Gasteiger partial charge in [-0.25, -0.2) is 0 Å². The van der Waals surface area contributed by atoms with Crippen LogP contribution in [0, 0.1) is 11.6 Å². The third kappa shape index (κ3) is 0.135. The maximum absolute atomic E-state index is 14.3. The molecular weight excluding hydrogens is 354 g/mol. The molecule has 24 heavy (non-hydrogen) atoms. The monoisotopic (exact) mass is 366 g/mol. The zero-order valence-corrected chi connectivity index (χ0v) is 13.5. The van der Waals surface area contributed by atoms with Crippen molar-refractivity contribution in [1.82, 2.24) is 0 Å². The molecule has 1 aromatic heterocycles. The van der Waals surface area contributed by atoms with E-state index in [0.29, 0.717) is 0 Å². The minimum absolute atomic E-state index is 0.00475. The fraction of sp³-hybridized carbons (Fsp3) is 0.526. The zero-order valence-electron chi connectivity index (χ0n) is 12.4. The molecular formula is C19H12F2FeO2. The molecule has 1 aromatic carbocycles. The van der Waals surface area contributed by atoms with Gasteiger partial charge in [-0.1, -0.05) is 0 Å². The number of hydrogen-bond acceptors (Lipinski definition) is 2. The minimum atomic E-state index is -3.43. The first-order valence-corrected chi connectivity index (χ1v) is 15.3. The summed E-state index contributed by atoms with van der Waals surface area (Å²) in [4.78, 5) is 22.4. The Hall–Kier alpha value is -1.19. The van der Waals surface area contributed by atoms with Crippen molar-refractivity contribution in [2.45, 2.75) is 47.7 Å². The van der Waals surface area contributed by atoms with Crippen molar-refractivity contribution in [1.29, 1.82) is 0 Å². The van der Waals surface area contributed by atoms with Crippen molar-refractivity contribution < 1.29 is 19.7 Å². The molecule has 10 fully saturated rings. The Morgan fingerprint density at radius 3 is 2.04 bits per heavy atom. The van der Waals surface area contributed by atoms with E-state index < -0.39 is 18.1 Å². The van der Waals surface area contributed by atoms with Crippen LogP contribution in [0.2, 0.25) is 43.3 Å². The fourth-order valence-electron chi connectivity index (χ4n) is 18.2. The number of fused-ring (bicyclic) bond motifs is 11. The van der Waals surface area contributed by atoms with Gasteiger partial charge in [-0.3, -0.25) is 0 Å². The van der Waals surface area contributed by atoms with E-state index in [2.05, 4.69) is 0 Å². The van der Waals surface area contributed by atoms with E-state index in [1.54, 1.807) is 6.07 Å². The Labute approximate surface area is 124 Å². The van der Waals surface area contributed by atoms with Gasteiger partial charge < -0.3 is 0 Å². The molecule has 4 unspecified atom stereocenters. The molecule has 5 heteroatoms. The second-order valence-corrected chi connectivity index (χ2v) is 36.0. The van der Waals surface area contributed by atoms with E-state index in [0.717, 1.165) is 61.2 Å². The summed E-state index contributed by atoms with van der Waals surface area (Å²) in [5.74, 6) is -0.578. The van der Waals surface area contributed by atoms with Crippen LogP contribution in [0.1, 0.15) is 5.76 Å². The van der Waals surface area contributed by atoms with Gasteiger partial charge in [0.15, 0.2) is 0 Å². The number of rotatable bonds is 1. The van der Waals surface area contributed by atoms with Crippen molar-refractivity contribution in [2.24, 2.45) is 0 Å². The summed E-state index contributed by atoms with van der Waals surface area (Å²) in [5, 5.41) is 0.0583. The normalized spacial score (nSPS) is 88.0. The van der Waals surface area contributed by atoms with Crippen molar-refractivity contribution in [3.8, 4) is 0 Å². The Morgan fingerprint density at radius 2 is 1.54 bits per heavy atom. The van der Waals surface area contributed by atoms with Gasteiger partial charge in [-0.2, -0.15) is 0 Å². The van der Waals surface area contributed by atoms with E-state index in [4.69, 9.17) is 4.42 Å². The van der Waals surface area contributed by atoms with Gasteiger partial charge in [-0.05, 0) is 0 Å². The van der Waals surface area contributed by atoms with E-state index >= 15 is 0 Å². The van der Waals surface area contributed by atoms with Gasteiger partial charge in [0.1, 0.15) is 0 Å². The van der Waals surface area contributed by atoms with E-state index in [-0.39, 0.29) is 20.7 Å². The molecule has 4 atom stereocenters. The average molecular weight is 366 g/mol. The summed E-state index contributed by atoms with van der Waals surface area (Å²) in [7, 11) is 0. The summed E-state index contributed by atoms with van der Waals surface area (Å²) in [6, 6.07) is 3.61. The molecule has 10 aliphatic rings. The Kier molecular flexibility index (Phi) is 0.383. The molecule has 1 spiro atoms. The molecule has 10 aliphatic heterocycles. The predicted octanol–water partition coefficient (Wildman–Crippen LogP) is 4.87. The average Bonchev–Trinajstić information content (AvgIpc) is 3.48. The van der Waals surface area contributed by atoms with Crippen LogP contribution in [-0.4, -0.2) is 0 Å². The number of benzene rings is 1. The molecule has 0 saturated carbocycles. The first-order chi connectivity index (χ1) is 11.3. The quantitative estimate of drug-likeness (QED) is 0.675. The summed E-state index contributed by atoms with van der Waals surface area (Å²) in [6.07, 6.45) is 0. The molecule has 0 N–H and O–H groups in total. The van der Waals surface area contributed by atoms with Crippen LogP contribution >= 0.6 is 0 Å². The molecule has 11 heterocycles. The molecule has 0 amide bonds. The van der Waals surface area contributed by atoms with Gasteiger partial charge >= 0.3 is 124 Å². The van der Waals surface area contributed by atoms with Crippen LogP contribution in [0.5, 0.6) is 0 Å². The predicted molar refractivity (Wildman–Crippen MR) is 77.8 cm³/mol. The van der Waals surface area contributed by atoms with E-state index in [1.807, 2.05) is 0 Å². The standard InChI is InChI=1S/C14H7F2O2.C5H5.Fe/c15-9-5-10-12(17)7-13(8-3-1-2-4-8)18-14(10)11(16)6-9;1-2-4-5-3-1;/h1-7H;1-5H;. The van der Waals surface area contributed by atoms with Crippen LogP contribution in [0.4, 0.5) is 8.78 Å². The van der Waals surface area contributed by atoms with Crippen molar-refractivity contribution >= 4 is 11.0 Å². The maximum atomic E-state index is 14.3. The van der Waals surface area contributed by atoms with E-state index in [1.165, 1.54) is 0 Å². The molecule has 0 bridgehead atoms. The Bertz CT molecular complexity index is 1560. The number of halogens is 2. The first-order valence-electron chi connectivity index (χ1n) is 8.98. The third-order valence-corrected chi connectivity index (χ3v) is 59.1. The second-order valence-electron chi connectivity index (χ2n) is 12.4. The van der Waals surface area contributed by atoms with Crippen molar-refractivity contribution in [2.75, 3.05) is 0 Å². The third-order valence-electron chi connectivity index (χ3n) is 16.8. The first kappa shape index (κ1) is 9.49. The van der Waals surface area contributed by atoms with Crippen molar-refractivity contribution in [3.63, 3.8) is 0 Å². The molecule has 122 valence electrons. The van der Waals surface area contributed by atoms with Crippen LogP contribution in [0.25, 0.3) is 11.0 Å². The van der Waals surface area contributed by atoms with Gasteiger partial charge in [0.25, 0.3) is 0 Å². The summed E-state index contributed by atoms with van der Waals surface area (Å²) < 4.78 is 34.2. The van der Waals surface area contributed by atoms with Crippen LogP contribution in [0.3, 0.4) is 0 Å². The Morgan fingerprint density at radius 1 is 0.917 bits per heavy atom. The molecule has 0 radical (unpaired) electrons. The number of hydrogen-bond donors (Lipinski definition) is 0. The van der Waals surface area contributed by atoms with Crippen LogP contribution in [-0.2, 0) is 10.8 Å². The van der Waals surface area contributed by atoms with E-state index in [9.17, 15) is 13.6 Å². The summed E-state index contributed by atoms with van der Waals surface area (Å²) in [5.41, 5.74) is -0.254. The van der Waals surface area contributed by atoms with Gasteiger partial charge in [-0.15, -0.1) is 0 Å². The topological polar surface area (TPSA) is 30.2 Å². The van der Waals surface area contributed by atoms with Gasteiger partial charge in [0.2, 0.25) is 0 Å². The SMILES string of the molecule is O=c1cc([C]23[CH]4[CH]5[CH]6[CH]2[Fe]56432789[CH]3[CH]2[CH]7[CH]8[CH]39)oc2c(F)cc(F)cc12. The van der Waals surface area contributed by atoms with Crippen LogP contribution < -0.4 is 5.43 Å². The van der Waals surface area contributed by atoms with Gasteiger partial charge in [0.05, 0.1) is 0 Å². The second kappa shape index (κ2) is 0.967. The van der Waals surface area contributed by atoms with Gasteiger partial charge in [0, 0.05) is 0 Å². The molecule has 0 aliphatic carbocycles.